The maximum Gasteiger partial charge on any atom is 0.261 e. The summed E-state index contributed by atoms with van der Waals surface area (Å²) < 4.78 is 11.5. The topological polar surface area (TPSA) is 97.0 Å². The molecule has 2 N–H and O–H groups in total. The standard InChI is InChI=1S/C28H31N3O5S/c1-2-35-23-14-7-6-13-22(23)31(25(32)19-30-27(33)24-15-9-17-37-24)26(20-10-4-3-5-11-20)28(34)29-18-21-12-8-16-36-21/h3-7,9-11,13-15,17,21,26H,2,8,12,16,18-19H2,1H3,(H,29,34)(H,30,33)/t21-,26+/m1/s1. The molecule has 1 saturated heterocycles. The molecule has 2 atom stereocenters. The molecule has 4 rings (SSSR count). The molecule has 1 aliphatic heterocycles. The Kier molecular flexibility index (Phi) is 9.29. The van der Waals surface area contributed by atoms with E-state index in [4.69, 9.17) is 9.47 Å². The molecule has 9 heteroatoms. The smallest absolute Gasteiger partial charge is 0.261 e. The van der Waals surface area contributed by atoms with Crippen LogP contribution in [-0.4, -0.2) is 50.1 Å². The minimum Gasteiger partial charge on any atom is -0.492 e. The molecule has 0 spiro atoms. The lowest BCUT2D eigenvalue weighted by atomic mass is 10.0. The van der Waals surface area contributed by atoms with E-state index in [1.807, 2.05) is 43.3 Å². The lowest BCUT2D eigenvalue weighted by Gasteiger charge is -2.33. The molecule has 37 heavy (non-hydrogen) atoms. The zero-order valence-electron chi connectivity index (χ0n) is 20.7. The summed E-state index contributed by atoms with van der Waals surface area (Å²) >= 11 is 1.29. The summed E-state index contributed by atoms with van der Waals surface area (Å²) in [6.45, 7) is 2.98. The molecule has 3 aromatic rings. The van der Waals surface area contributed by atoms with Crippen LogP contribution in [0.15, 0.2) is 72.1 Å². The molecule has 0 saturated carbocycles. The van der Waals surface area contributed by atoms with Crippen LogP contribution in [-0.2, 0) is 14.3 Å². The average Bonchev–Trinajstić information content (AvgIpc) is 3.65. The van der Waals surface area contributed by atoms with E-state index in [0.717, 1.165) is 12.8 Å². The van der Waals surface area contributed by atoms with E-state index < -0.39 is 11.9 Å². The fraction of sp³-hybridized carbons (Fsp3) is 0.321. The minimum absolute atomic E-state index is 0.0506. The highest BCUT2D eigenvalue weighted by Gasteiger charge is 2.35. The van der Waals surface area contributed by atoms with Crippen molar-refractivity contribution >= 4 is 34.7 Å². The molecule has 1 aromatic heterocycles. The molecular weight excluding hydrogens is 490 g/mol. The number of nitrogens with one attached hydrogen (secondary N) is 2. The van der Waals surface area contributed by atoms with Gasteiger partial charge in [-0.2, -0.15) is 0 Å². The van der Waals surface area contributed by atoms with Gasteiger partial charge in [-0.05, 0) is 48.9 Å². The van der Waals surface area contributed by atoms with Crippen LogP contribution in [0.1, 0.15) is 41.0 Å². The van der Waals surface area contributed by atoms with Crippen LogP contribution < -0.4 is 20.3 Å². The summed E-state index contributed by atoms with van der Waals surface area (Å²) in [5, 5.41) is 7.48. The second kappa shape index (κ2) is 13.0. The van der Waals surface area contributed by atoms with Crippen molar-refractivity contribution in [3.63, 3.8) is 0 Å². The van der Waals surface area contributed by atoms with Gasteiger partial charge in [0.15, 0.2) is 0 Å². The molecule has 0 bridgehead atoms. The van der Waals surface area contributed by atoms with E-state index >= 15 is 0 Å². The highest BCUT2D eigenvalue weighted by molar-refractivity contribution is 7.12. The second-order valence-corrected chi connectivity index (χ2v) is 9.47. The first-order chi connectivity index (χ1) is 18.1. The molecule has 2 aromatic carbocycles. The normalized spacial score (nSPS) is 15.5. The van der Waals surface area contributed by atoms with Crippen molar-refractivity contribution in [1.29, 1.82) is 0 Å². The lowest BCUT2D eigenvalue weighted by molar-refractivity contribution is -0.126. The van der Waals surface area contributed by atoms with Crippen LogP contribution in [0, 0.1) is 0 Å². The van der Waals surface area contributed by atoms with Gasteiger partial charge < -0.3 is 20.1 Å². The number of hydrogen-bond acceptors (Lipinski definition) is 6. The van der Waals surface area contributed by atoms with Crippen LogP contribution in [0.4, 0.5) is 5.69 Å². The Morgan fingerprint density at radius 3 is 2.54 bits per heavy atom. The molecule has 3 amide bonds. The summed E-state index contributed by atoms with van der Waals surface area (Å²) in [4.78, 5) is 42.0. The van der Waals surface area contributed by atoms with Crippen molar-refractivity contribution in [3.8, 4) is 5.75 Å². The summed E-state index contributed by atoms with van der Waals surface area (Å²) in [6, 6.07) is 18.7. The number of hydrogen-bond donors (Lipinski definition) is 2. The van der Waals surface area contributed by atoms with Gasteiger partial charge in [0.2, 0.25) is 11.8 Å². The van der Waals surface area contributed by atoms with E-state index in [-0.39, 0.29) is 24.5 Å². The van der Waals surface area contributed by atoms with Gasteiger partial charge in [-0.15, -0.1) is 11.3 Å². The molecule has 1 fully saturated rings. The van der Waals surface area contributed by atoms with Gasteiger partial charge >= 0.3 is 0 Å². The zero-order chi connectivity index (χ0) is 26.0. The number of ether oxygens (including phenoxy) is 2. The predicted octanol–water partition coefficient (Wildman–Crippen LogP) is 3.95. The number of para-hydroxylation sites is 2. The van der Waals surface area contributed by atoms with Gasteiger partial charge in [-0.1, -0.05) is 48.5 Å². The fourth-order valence-corrected chi connectivity index (χ4v) is 4.90. The van der Waals surface area contributed by atoms with Crippen LogP contribution >= 0.6 is 11.3 Å². The highest BCUT2D eigenvalue weighted by atomic mass is 32.1. The highest BCUT2D eigenvalue weighted by Crippen LogP contribution is 2.35. The van der Waals surface area contributed by atoms with Crippen LogP contribution in [0.5, 0.6) is 5.75 Å². The quantitative estimate of drug-likeness (QED) is 0.398. The molecule has 0 radical (unpaired) electrons. The Hall–Kier alpha value is -3.69. The number of amides is 3. The van der Waals surface area contributed by atoms with Gasteiger partial charge in [-0.25, -0.2) is 0 Å². The first kappa shape index (κ1) is 26.4. The lowest BCUT2D eigenvalue weighted by Crippen LogP contribution is -2.48. The monoisotopic (exact) mass is 521 g/mol. The predicted molar refractivity (Wildman–Crippen MR) is 143 cm³/mol. The summed E-state index contributed by atoms with van der Waals surface area (Å²) in [6.07, 6.45) is 1.78. The molecule has 0 unspecified atom stereocenters. The number of carbonyl (C=O) groups is 3. The van der Waals surface area contributed by atoms with E-state index in [1.54, 1.807) is 35.7 Å². The van der Waals surface area contributed by atoms with Gasteiger partial charge in [0.05, 0.1) is 29.8 Å². The van der Waals surface area contributed by atoms with E-state index in [9.17, 15) is 14.4 Å². The SMILES string of the molecule is CCOc1ccccc1N(C(=O)CNC(=O)c1cccs1)[C@H](C(=O)NC[C@H]1CCCO1)c1ccccc1. The number of rotatable bonds is 11. The maximum atomic E-state index is 13.8. The van der Waals surface area contributed by atoms with Gasteiger partial charge in [0.25, 0.3) is 5.91 Å². The van der Waals surface area contributed by atoms with Crippen molar-refractivity contribution in [2.45, 2.75) is 31.9 Å². The summed E-state index contributed by atoms with van der Waals surface area (Å²) in [7, 11) is 0. The number of benzene rings is 2. The van der Waals surface area contributed by atoms with Gasteiger partial charge in [0, 0.05) is 13.2 Å². The first-order valence-electron chi connectivity index (χ1n) is 12.4. The van der Waals surface area contributed by atoms with Crippen molar-refractivity contribution in [2.24, 2.45) is 0 Å². The number of anilines is 1. The summed E-state index contributed by atoms with van der Waals surface area (Å²) in [5.74, 6) is -0.666. The van der Waals surface area contributed by atoms with Crippen LogP contribution in [0.3, 0.4) is 0 Å². The van der Waals surface area contributed by atoms with E-state index in [2.05, 4.69) is 10.6 Å². The molecule has 1 aliphatic rings. The van der Waals surface area contributed by atoms with Crippen LogP contribution in [0.25, 0.3) is 0 Å². The average molecular weight is 522 g/mol. The van der Waals surface area contributed by atoms with Crippen LogP contribution in [0.2, 0.25) is 0 Å². The number of carbonyl (C=O) groups excluding carboxylic acids is 3. The number of thiophene rings is 1. The maximum absolute atomic E-state index is 13.8. The largest absolute Gasteiger partial charge is 0.492 e. The third kappa shape index (κ3) is 6.75. The Morgan fingerprint density at radius 2 is 1.84 bits per heavy atom. The third-order valence-corrected chi connectivity index (χ3v) is 6.86. The summed E-state index contributed by atoms with van der Waals surface area (Å²) in [5.41, 5.74) is 1.08. The van der Waals surface area contributed by atoms with E-state index in [0.29, 0.717) is 41.6 Å². The first-order valence-corrected chi connectivity index (χ1v) is 13.3. The van der Waals surface area contributed by atoms with Crippen molar-refractivity contribution in [3.05, 3.63) is 82.6 Å². The Morgan fingerprint density at radius 1 is 1.05 bits per heavy atom. The molecular formula is C28H31N3O5S. The van der Waals surface area contributed by atoms with Gasteiger partial charge in [0.1, 0.15) is 11.8 Å². The van der Waals surface area contributed by atoms with Gasteiger partial charge in [-0.3, -0.25) is 19.3 Å². The molecule has 194 valence electrons. The Labute approximate surface area is 220 Å². The zero-order valence-corrected chi connectivity index (χ0v) is 21.5. The minimum atomic E-state index is -0.990. The van der Waals surface area contributed by atoms with Crippen molar-refractivity contribution in [1.82, 2.24) is 10.6 Å². The fourth-order valence-electron chi connectivity index (χ4n) is 4.26. The third-order valence-electron chi connectivity index (χ3n) is 5.99. The van der Waals surface area contributed by atoms with E-state index in [1.165, 1.54) is 16.2 Å². The Balaban J connectivity index is 1.68. The Bertz CT molecular complexity index is 1180. The number of nitrogens with zero attached hydrogens (tertiary/aromatic N) is 1. The van der Waals surface area contributed by atoms with Crippen molar-refractivity contribution in [2.75, 3.05) is 31.2 Å². The molecule has 0 aliphatic carbocycles. The molecule has 2 heterocycles. The van der Waals surface area contributed by atoms with Crippen molar-refractivity contribution < 1.29 is 23.9 Å². The second-order valence-electron chi connectivity index (χ2n) is 8.52. The molecule has 8 nitrogen and oxygen atoms in total.